The number of halogens is 1. The lowest BCUT2D eigenvalue weighted by Gasteiger charge is -2.10. The third kappa shape index (κ3) is 4.86. The molecule has 3 aromatic rings. The summed E-state index contributed by atoms with van der Waals surface area (Å²) < 4.78 is 5.68. The minimum atomic E-state index is -0.773. The smallest absolute Gasteiger partial charge is 0.314 e. The van der Waals surface area contributed by atoms with Gasteiger partial charge in [-0.05, 0) is 61.0 Å². The summed E-state index contributed by atoms with van der Waals surface area (Å²) in [5.74, 6) is -0.208. The second kappa shape index (κ2) is 8.38. The van der Waals surface area contributed by atoms with Gasteiger partial charge in [-0.1, -0.05) is 35.9 Å². The molecule has 0 fully saturated rings. The molecule has 0 aliphatic carbocycles. The number of carbonyl (C=O) groups is 2. The molecule has 0 spiro atoms. The van der Waals surface area contributed by atoms with Crippen LogP contribution < -0.4 is 15.4 Å². The quantitative estimate of drug-likeness (QED) is 0.624. The molecule has 3 rings (SSSR count). The van der Waals surface area contributed by atoms with E-state index in [1.54, 1.807) is 49.4 Å². The Labute approximate surface area is 161 Å². The van der Waals surface area contributed by atoms with Gasteiger partial charge in [-0.2, -0.15) is 0 Å². The van der Waals surface area contributed by atoms with Crippen molar-refractivity contribution in [1.82, 2.24) is 0 Å². The van der Waals surface area contributed by atoms with Gasteiger partial charge in [0, 0.05) is 16.4 Å². The van der Waals surface area contributed by atoms with Crippen molar-refractivity contribution in [2.24, 2.45) is 0 Å². The summed E-state index contributed by atoms with van der Waals surface area (Å²) in [6.45, 7) is 1.77. The molecular weight excluding hydrogens is 364 g/mol. The predicted molar refractivity (Wildman–Crippen MR) is 106 cm³/mol. The number of nitrogens with one attached hydrogen (secondary N) is 2. The molecule has 0 heterocycles. The number of hydrogen-bond donors (Lipinski definition) is 2. The first-order valence-corrected chi connectivity index (χ1v) is 8.61. The highest BCUT2D eigenvalue weighted by atomic mass is 35.5. The maximum absolute atomic E-state index is 12.1. The van der Waals surface area contributed by atoms with Crippen molar-refractivity contribution < 1.29 is 14.3 Å². The second-order valence-electron chi connectivity index (χ2n) is 5.76. The Hall–Kier alpha value is -3.31. The lowest BCUT2D eigenvalue weighted by Crippen LogP contribution is -2.29. The van der Waals surface area contributed by atoms with Crippen LogP contribution in [0.3, 0.4) is 0 Å². The number of benzene rings is 3. The van der Waals surface area contributed by atoms with Crippen molar-refractivity contribution >= 4 is 34.8 Å². The van der Waals surface area contributed by atoms with Crippen LogP contribution >= 0.6 is 11.6 Å². The van der Waals surface area contributed by atoms with Crippen LogP contribution in [0.5, 0.6) is 11.5 Å². The highest BCUT2D eigenvalue weighted by molar-refractivity contribution is 6.44. The average Bonchev–Trinajstić information content (AvgIpc) is 2.68. The van der Waals surface area contributed by atoms with Crippen LogP contribution in [0.1, 0.15) is 5.56 Å². The van der Waals surface area contributed by atoms with Gasteiger partial charge in [-0.25, -0.2) is 0 Å². The summed E-state index contributed by atoms with van der Waals surface area (Å²) in [5, 5.41) is 5.62. The van der Waals surface area contributed by atoms with Gasteiger partial charge >= 0.3 is 11.8 Å². The molecule has 0 aliphatic heterocycles. The molecule has 2 amide bonds. The van der Waals surface area contributed by atoms with Crippen molar-refractivity contribution in [3.8, 4) is 11.5 Å². The van der Waals surface area contributed by atoms with E-state index in [2.05, 4.69) is 10.6 Å². The molecule has 2 N–H and O–H groups in total. The summed E-state index contributed by atoms with van der Waals surface area (Å²) in [7, 11) is 0. The lowest BCUT2D eigenvalue weighted by atomic mass is 10.2. The molecule has 27 heavy (non-hydrogen) atoms. The van der Waals surface area contributed by atoms with Crippen LogP contribution in [0.25, 0.3) is 0 Å². The summed E-state index contributed by atoms with van der Waals surface area (Å²) in [6, 6.07) is 21.2. The van der Waals surface area contributed by atoms with E-state index in [1.165, 1.54) is 0 Å². The summed E-state index contributed by atoms with van der Waals surface area (Å²) >= 11 is 6.02. The fourth-order valence-electron chi connectivity index (χ4n) is 2.34. The Kier molecular flexibility index (Phi) is 5.74. The monoisotopic (exact) mass is 380 g/mol. The number of ether oxygens (including phenoxy) is 1. The first kappa shape index (κ1) is 18.5. The Bertz CT molecular complexity index is 957. The Morgan fingerprint density at radius 3 is 2.11 bits per heavy atom. The lowest BCUT2D eigenvalue weighted by molar-refractivity contribution is -0.133. The van der Waals surface area contributed by atoms with E-state index < -0.39 is 11.8 Å². The van der Waals surface area contributed by atoms with Gasteiger partial charge in [0.1, 0.15) is 11.5 Å². The van der Waals surface area contributed by atoms with E-state index in [9.17, 15) is 9.59 Å². The third-order valence-electron chi connectivity index (χ3n) is 3.81. The van der Waals surface area contributed by atoms with Gasteiger partial charge in [-0.15, -0.1) is 0 Å². The zero-order valence-corrected chi connectivity index (χ0v) is 15.3. The largest absolute Gasteiger partial charge is 0.457 e. The van der Waals surface area contributed by atoms with Crippen LogP contribution in [0, 0.1) is 6.92 Å². The van der Waals surface area contributed by atoms with E-state index in [-0.39, 0.29) is 0 Å². The van der Waals surface area contributed by atoms with E-state index in [0.29, 0.717) is 33.5 Å². The number of para-hydroxylation sites is 1. The minimum absolute atomic E-state index is 0.485. The van der Waals surface area contributed by atoms with Gasteiger partial charge in [0.05, 0.1) is 0 Å². The molecule has 0 radical (unpaired) electrons. The van der Waals surface area contributed by atoms with E-state index >= 15 is 0 Å². The SMILES string of the molecule is Cc1c(Cl)cccc1NC(=O)C(=O)Nc1ccc(Oc2ccccc2)cc1. The molecule has 136 valence electrons. The first-order chi connectivity index (χ1) is 13.0. The van der Waals surface area contributed by atoms with Crippen LogP contribution in [-0.2, 0) is 9.59 Å². The highest BCUT2D eigenvalue weighted by Gasteiger charge is 2.15. The number of amides is 2. The topological polar surface area (TPSA) is 67.4 Å². The van der Waals surface area contributed by atoms with Crippen molar-refractivity contribution in [2.45, 2.75) is 6.92 Å². The third-order valence-corrected chi connectivity index (χ3v) is 4.22. The highest BCUT2D eigenvalue weighted by Crippen LogP contribution is 2.24. The molecule has 0 unspecified atom stereocenters. The zero-order valence-electron chi connectivity index (χ0n) is 14.5. The maximum atomic E-state index is 12.1. The standard InChI is InChI=1S/C21H17ClN2O3/c1-14-18(22)8-5-9-19(14)24-21(26)20(25)23-15-10-12-17(13-11-15)27-16-6-3-2-4-7-16/h2-13H,1H3,(H,23,25)(H,24,26). The van der Waals surface area contributed by atoms with Gasteiger partial charge < -0.3 is 15.4 Å². The normalized spacial score (nSPS) is 10.1. The van der Waals surface area contributed by atoms with E-state index in [1.807, 2.05) is 30.3 Å². The fraction of sp³-hybridized carbons (Fsp3) is 0.0476. The molecule has 0 saturated heterocycles. The van der Waals surface area contributed by atoms with Crippen molar-refractivity contribution in [2.75, 3.05) is 10.6 Å². The van der Waals surface area contributed by atoms with Gasteiger partial charge in [-0.3, -0.25) is 9.59 Å². The van der Waals surface area contributed by atoms with Gasteiger partial charge in [0.25, 0.3) is 0 Å². The molecule has 0 aliphatic rings. The van der Waals surface area contributed by atoms with E-state index in [0.717, 1.165) is 0 Å². The number of carbonyl (C=O) groups excluding carboxylic acids is 2. The number of anilines is 2. The fourth-order valence-corrected chi connectivity index (χ4v) is 2.52. The summed E-state index contributed by atoms with van der Waals surface area (Å²) in [4.78, 5) is 24.2. The molecule has 0 bridgehead atoms. The predicted octanol–water partition coefficient (Wildman–Crippen LogP) is 5.02. The maximum Gasteiger partial charge on any atom is 0.314 e. The molecule has 0 atom stereocenters. The second-order valence-corrected chi connectivity index (χ2v) is 6.17. The number of hydrogen-bond acceptors (Lipinski definition) is 3. The van der Waals surface area contributed by atoms with Crippen LogP contribution in [0.15, 0.2) is 72.8 Å². The van der Waals surface area contributed by atoms with Crippen LogP contribution in [-0.4, -0.2) is 11.8 Å². The molecule has 6 heteroatoms. The van der Waals surface area contributed by atoms with Crippen molar-refractivity contribution in [1.29, 1.82) is 0 Å². The van der Waals surface area contributed by atoms with Gasteiger partial charge in [0.2, 0.25) is 0 Å². The van der Waals surface area contributed by atoms with Gasteiger partial charge in [0.15, 0.2) is 0 Å². The van der Waals surface area contributed by atoms with Crippen molar-refractivity contribution in [3.05, 3.63) is 83.4 Å². The molecule has 5 nitrogen and oxygen atoms in total. The molecule has 0 aromatic heterocycles. The molecule has 3 aromatic carbocycles. The summed E-state index contributed by atoms with van der Waals surface area (Å²) in [6.07, 6.45) is 0. The minimum Gasteiger partial charge on any atom is -0.457 e. The van der Waals surface area contributed by atoms with Crippen LogP contribution in [0.2, 0.25) is 5.02 Å². The summed E-state index contributed by atoms with van der Waals surface area (Å²) in [5.41, 5.74) is 1.68. The first-order valence-electron chi connectivity index (χ1n) is 8.23. The zero-order chi connectivity index (χ0) is 19.2. The molecule has 0 saturated carbocycles. The Morgan fingerprint density at radius 2 is 1.41 bits per heavy atom. The van der Waals surface area contributed by atoms with E-state index in [4.69, 9.17) is 16.3 Å². The molecular formula is C21H17ClN2O3. The number of rotatable bonds is 4. The van der Waals surface area contributed by atoms with Crippen LogP contribution in [0.4, 0.5) is 11.4 Å². The average molecular weight is 381 g/mol. The van der Waals surface area contributed by atoms with Crippen molar-refractivity contribution in [3.63, 3.8) is 0 Å². The Balaban J connectivity index is 1.60. The Morgan fingerprint density at radius 1 is 0.778 bits per heavy atom.